The van der Waals surface area contributed by atoms with Crippen LogP contribution in [0.25, 0.3) is 0 Å². The van der Waals surface area contributed by atoms with E-state index < -0.39 is 24.3 Å². The number of halogens is 5. The summed E-state index contributed by atoms with van der Waals surface area (Å²) in [6.45, 7) is -2.88. The second kappa shape index (κ2) is 8.63. The molecule has 192 valence electrons. The molecular formula is C23H26F5N3O4. The number of benzene rings is 1. The van der Waals surface area contributed by atoms with Crippen LogP contribution in [0.5, 0.6) is 5.75 Å². The fraction of sp³-hybridized carbons (Fsp3) is 0.609. The summed E-state index contributed by atoms with van der Waals surface area (Å²) >= 11 is 0. The van der Waals surface area contributed by atoms with Gasteiger partial charge >= 0.3 is 18.8 Å². The van der Waals surface area contributed by atoms with E-state index >= 15 is 0 Å². The first-order valence-electron chi connectivity index (χ1n) is 11.3. The molecule has 1 amide bonds. The van der Waals surface area contributed by atoms with E-state index in [1.54, 1.807) is 19.2 Å². The number of guanidine groups is 1. The predicted molar refractivity (Wildman–Crippen MR) is 113 cm³/mol. The molecule has 4 fully saturated rings. The average Bonchev–Trinajstić information content (AvgIpc) is 2.98. The number of nitrogens with two attached hydrogens (primary N) is 1. The Morgan fingerprint density at radius 2 is 1.57 bits per heavy atom. The van der Waals surface area contributed by atoms with Crippen molar-refractivity contribution in [2.45, 2.75) is 56.9 Å². The fourth-order valence-corrected chi connectivity index (χ4v) is 6.91. The lowest BCUT2D eigenvalue weighted by atomic mass is 9.43. The lowest BCUT2D eigenvalue weighted by Crippen LogP contribution is -2.59. The van der Waals surface area contributed by atoms with E-state index in [1.807, 2.05) is 0 Å². The molecular weight excluding hydrogens is 477 g/mol. The van der Waals surface area contributed by atoms with E-state index in [9.17, 15) is 26.7 Å². The highest BCUT2D eigenvalue weighted by atomic mass is 19.4. The Bertz CT molecular complexity index is 992. The first-order valence-corrected chi connectivity index (χ1v) is 11.3. The van der Waals surface area contributed by atoms with Crippen LogP contribution in [-0.2, 0) is 15.1 Å². The van der Waals surface area contributed by atoms with Gasteiger partial charge in [0, 0.05) is 12.5 Å². The second-order valence-electron chi connectivity index (χ2n) is 9.95. The maximum absolute atomic E-state index is 13.6. The van der Waals surface area contributed by atoms with Crippen molar-refractivity contribution in [3.8, 4) is 5.75 Å². The Morgan fingerprint density at radius 3 is 1.91 bits per heavy atom. The number of carbonyl (C=O) groups excluding carboxylic acids is 1. The third-order valence-corrected chi connectivity index (χ3v) is 7.79. The quantitative estimate of drug-likeness (QED) is 0.602. The minimum absolute atomic E-state index is 0.0789. The molecule has 6 rings (SSSR count). The van der Waals surface area contributed by atoms with Gasteiger partial charge in [0.05, 0.1) is 0 Å². The van der Waals surface area contributed by atoms with Gasteiger partial charge in [0.15, 0.2) is 11.5 Å². The van der Waals surface area contributed by atoms with E-state index in [-0.39, 0.29) is 23.0 Å². The molecule has 0 spiro atoms. The van der Waals surface area contributed by atoms with Crippen LogP contribution in [0.4, 0.5) is 22.0 Å². The van der Waals surface area contributed by atoms with Crippen molar-refractivity contribution >= 4 is 17.8 Å². The maximum Gasteiger partial charge on any atom is 0.490 e. The summed E-state index contributed by atoms with van der Waals surface area (Å²) in [5.74, 6) is -0.634. The van der Waals surface area contributed by atoms with E-state index in [0.717, 1.165) is 24.8 Å². The zero-order valence-corrected chi connectivity index (χ0v) is 18.9. The van der Waals surface area contributed by atoms with Crippen LogP contribution in [-0.4, -0.2) is 47.7 Å². The number of carboxylic acids is 1. The Kier molecular flexibility index (Phi) is 6.21. The highest BCUT2D eigenvalue weighted by Gasteiger charge is 2.67. The van der Waals surface area contributed by atoms with Gasteiger partial charge in [0.1, 0.15) is 5.75 Å². The fourth-order valence-electron chi connectivity index (χ4n) is 6.91. The number of carbonyl (C=O) groups is 2. The number of hydrogen-bond acceptors (Lipinski definition) is 5. The number of alkyl halides is 5. The first-order chi connectivity index (χ1) is 16.3. The molecule has 1 aromatic rings. The van der Waals surface area contributed by atoms with Gasteiger partial charge in [-0.3, -0.25) is 9.69 Å². The van der Waals surface area contributed by atoms with Crippen LogP contribution in [0.3, 0.4) is 0 Å². The number of amides is 1. The molecule has 1 heterocycles. The number of aliphatic carboxylic acids is 1. The van der Waals surface area contributed by atoms with Crippen molar-refractivity contribution in [1.82, 2.24) is 4.90 Å². The molecule has 7 nitrogen and oxygen atoms in total. The zero-order valence-electron chi connectivity index (χ0n) is 18.9. The molecule has 1 aromatic carbocycles. The molecule has 4 aliphatic carbocycles. The predicted octanol–water partition coefficient (Wildman–Crippen LogP) is 4.12. The number of aliphatic imine (C=N–C) groups is 1. The third-order valence-electron chi connectivity index (χ3n) is 7.79. The molecule has 12 heteroatoms. The smallest absolute Gasteiger partial charge is 0.475 e. The van der Waals surface area contributed by atoms with E-state index in [1.165, 1.54) is 36.3 Å². The standard InChI is InChI=1S/C21H25F2N3O2.C2HF3O2/c1-26-17(27)21(25-19(26)24,15-2-4-16(5-3-15)28-18(22)23)20-9-12-6-13(10-20)8-14(7-12)11-20;3-2(4,5)1(6)7/h2-5,12-14,18H,6-11H2,1H3,(H2,24,25);(H,6,7)/t12?,13?,14?,20?,21-;/m0./s1. The number of hydrogen-bond donors (Lipinski definition) is 2. The van der Waals surface area contributed by atoms with Crippen molar-refractivity contribution in [1.29, 1.82) is 0 Å². The summed E-state index contributed by atoms with van der Waals surface area (Å²) in [4.78, 5) is 28.8. The van der Waals surface area contributed by atoms with Gasteiger partial charge in [-0.25, -0.2) is 9.79 Å². The van der Waals surface area contributed by atoms with Crippen LogP contribution in [0.2, 0.25) is 0 Å². The van der Waals surface area contributed by atoms with Crippen LogP contribution < -0.4 is 10.5 Å². The van der Waals surface area contributed by atoms with Gasteiger partial charge in [-0.05, 0) is 74.0 Å². The number of rotatable bonds is 4. The molecule has 0 unspecified atom stereocenters. The minimum Gasteiger partial charge on any atom is -0.475 e. The number of likely N-dealkylation sites (N-methyl/N-ethyl adjacent to an activating group) is 1. The van der Waals surface area contributed by atoms with Crippen LogP contribution >= 0.6 is 0 Å². The van der Waals surface area contributed by atoms with E-state index in [4.69, 9.17) is 20.6 Å². The topological polar surface area (TPSA) is 105 Å². The molecule has 4 saturated carbocycles. The van der Waals surface area contributed by atoms with Crippen LogP contribution in [0.1, 0.15) is 44.1 Å². The summed E-state index contributed by atoms with van der Waals surface area (Å²) in [5.41, 5.74) is 5.54. The van der Waals surface area contributed by atoms with Gasteiger partial charge in [-0.1, -0.05) is 12.1 Å². The van der Waals surface area contributed by atoms with Gasteiger partial charge in [0.25, 0.3) is 5.91 Å². The van der Waals surface area contributed by atoms with Crippen LogP contribution in [0, 0.1) is 23.2 Å². The molecule has 5 aliphatic rings. The second-order valence-corrected chi connectivity index (χ2v) is 9.95. The van der Waals surface area contributed by atoms with Gasteiger partial charge in [-0.2, -0.15) is 22.0 Å². The Balaban J connectivity index is 0.000000364. The molecule has 35 heavy (non-hydrogen) atoms. The Morgan fingerprint density at radius 1 is 1.11 bits per heavy atom. The van der Waals surface area contributed by atoms with Crippen molar-refractivity contribution < 1.29 is 41.4 Å². The summed E-state index contributed by atoms with van der Waals surface area (Å²) in [5, 5.41) is 7.12. The SMILES string of the molecule is CN1C(=O)[C@@](c2ccc(OC(F)F)cc2)(C23CC4CC(CC(C4)C2)C3)N=C1N.O=C(O)C(F)(F)F. The summed E-state index contributed by atoms with van der Waals surface area (Å²) in [6, 6.07) is 6.43. The molecule has 0 saturated heterocycles. The normalized spacial score (nSPS) is 33.5. The van der Waals surface area contributed by atoms with Crippen molar-refractivity contribution in [3.05, 3.63) is 29.8 Å². The molecule has 1 atom stereocenters. The molecule has 4 bridgehead atoms. The van der Waals surface area contributed by atoms with Gasteiger partial charge in [0.2, 0.25) is 0 Å². The number of carboxylic acid groups (broad SMARTS) is 1. The lowest BCUT2D eigenvalue weighted by Gasteiger charge is -2.61. The van der Waals surface area contributed by atoms with Crippen LogP contribution in [0.15, 0.2) is 29.3 Å². The van der Waals surface area contributed by atoms with E-state index in [0.29, 0.717) is 17.8 Å². The first kappa shape index (κ1) is 25.2. The number of nitrogens with zero attached hydrogens (tertiary/aromatic N) is 2. The highest BCUT2D eigenvalue weighted by molar-refractivity contribution is 6.07. The molecule has 0 radical (unpaired) electrons. The molecule has 0 aromatic heterocycles. The van der Waals surface area contributed by atoms with Crippen molar-refractivity contribution in [2.24, 2.45) is 33.9 Å². The number of ether oxygens (including phenoxy) is 1. The molecule has 3 N–H and O–H groups in total. The zero-order chi connectivity index (χ0) is 25.8. The Hall–Kier alpha value is -2.92. The third kappa shape index (κ3) is 4.31. The lowest BCUT2D eigenvalue weighted by molar-refractivity contribution is -0.192. The largest absolute Gasteiger partial charge is 0.490 e. The maximum atomic E-state index is 13.6. The monoisotopic (exact) mass is 503 g/mol. The minimum atomic E-state index is -5.08. The highest BCUT2D eigenvalue weighted by Crippen LogP contribution is 2.67. The summed E-state index contributed by atoms with van der Waals surface area (Å²) in [7, 11) is 1.66. The van der Waals surface area contributed by atoms with Gasteiger partial charge < -0.3 is 15.6 Å². The summed E-state index contributed by atoms with van der Waals surface area (Å²) < 4.78 is 61.3. The van der Waals surface area contributed by atoms with Gasteiger partial charge in [-0.15, -0.1) is 0 Å². The Labute approximate surface area is 198 Å². The summed E-state index contributed by atoms with van der Waals surface area (Å²) in [6.07, 6.45) is 1.60. The average molecular weight is 503 g/mol. The van der Waals surface area contributed by atoms with Crippen molar-refractivity contribution in [3.63, 3.8) is 0 Å². The molecule has 1 aliphatic heterocycles. The van der Waals surface area contributed by atoms with E-state index in [2.05, 4.69) is 4.74 Å². The van der Waals surface area contributed by atoms with Crippen molar-refractivity contribution in [2.75, 3.05) is 7.05 Å².